The van der Waals surface area contributed by atoms with Crippen LogP contribution in [-0.2, 0) is 4.74 Å². The summed E-state index contributed by atoms with van der Waals surface area (Å²) in [6, 6.07) is 0. The smallest absolute Gasteiger partial charge is 0.199 e. The second-order valence-electron chi connectivity index (χ2n) is 4.87. The molecule has 1 saturated heterocycles. The predicted octanol–water partition coefficient (Wildman–Crippen LogP) is 0.304. The van der Waals surface area contributed by atoms with Crippen LogP contribution in [-0.4, -0.2) is 54.3 Å². The molecule has 0 amide bonds. The summed E-state index contributed by atoms with van der Waals surface area (Å²) in [7, 11) is 0. The van der Waals surface area contributed by atoms with E-state index >= 15 is 0 Å². The van der Waals surface area contributed by atoms with Crippen molar-refractivity contribution < 1.29 is 20.1 Å². The average Bonchev–Trinajstić information content (AvgIpc) is 2.97. The van der Waals surface area contributed by atoms with Gasteiger partial charge in [0.15, 0.2) is 11.8 Å². The highest BCUT2D eigenvalue weighted by molar-refractivity contribution is 14.1. The summed E-state index contributed by atoms with van der Waals surface area (Å²) in [5, 5.41) is 30.8. The lowest BCUT2D eigenvalue weighted by Crippen LogP contribution is -2.45. The Kier molecular flexibility index (Phi) is 4.05. The Bertz CT molecular complexity index is 776. The van der Waals surface area contributed by atoms with Gasteiger partial charge in [0.25, 0.3) is 0 Å². The highest BCUT2D eigenvalue weighted by Gasteiger charge is 2.55. The topological polar surface area (TPSA) is 101 Å². The molecule has 9 heteroatoms. The molecular formula is C13H11ClIN3O4. The Hall–Kier alpha value is -0.960. The van der Waals surface area contributed by atoms with E-state index in [9.17, 15) is 15.3 Å². The van der Waals surface area contributed by atoms with Crippen LogP contribution < -0.4 is 0 Å². The zero-order valence-corrected chi connectivity index (χ0v) is 13.9. The van der Waals surface area contributed by atoms with Crippen LogP contribution >= 0.6 is 34.2 Å². The number of fused-ring (bicyclic) bond motifs is 1. The number of aliphatic hydroxyl groups is 3. The molecule has 1 aliphatic rings. The van der Waals surface area contributed by atoms with E-state index in [1.54, 1.807) is 6.20 Å². The molecule has 0 spiro atoms. The van der Waals surface area contributed by atoms with Crippen molar-refractivity contribution in [2.24, 2.45) is 0 Å². The number of aromatic nitrogens is 3. The average molecular weight is 436 g/mol. The maximum Gasteiger partial charge on any atom is 0.199 e. The van der Waals surface area contributed by atoms with Crippen LogP contribution in [0.2, 0.25) is 5.15 Å². The first-order chi connectivity index (χ1) is 10.4. The molecule has 3 heterocycles. The van der Waals surface area contributed by atoms with Gasteiger partial charge in [-0.15, -0.1) is 6.42 Å². The summed E-state index contributed by atoms with van der Waals surface area (Å²) in [6.07, 6.45) is 4.77. The van der Waals surface area contributed by atoms with Crippen molar-refractivity contribution in [3.05, 3.63) is 21.2 Å². The number of ether oxygens (including phenoxy) is 1. The number of halogens is 2. The molecule has 1 fully saturated rings. The van der Waals surface area contributed by atoms with Crippen LogP contribution in [0.5, 0.6) is 0 Å². The number of aliphatic hydroxyl groups excluding tert-OH is 2. The van der Waals surface area contributed by atoms with Crippen molar-refractivity contribution in [3.63, 3.8) is 0 Å². The standard InChI is InChI=1S/C13H11ClIN3O4/c1-2-13(21)9(20)7(4-19)22-12(13)18-3-6(15)8-10(14)16-5-17-11(8)18/h1,3,5,7,9,12,19-21H,4H2/t7-,9-,12-,13-/m1/s1. The van der Waals surface area contributed by atoms with E-state index in [4.69, 9.17) is 22.8 Å². The van der Waals surface area contributed by atoms with Gasteiger partial charge < -0.3 is 24.6 Å². The Labute approximate surface area is 144 Å². The fourth-order valence-electron chi connectivity index (χ4n) is 2.53. The Morgan fingerprint density at radius 1 is 1.55 bits per heavy atom. The highest BCUT2D eigenvalue weighted by Crippen LogP contribution is 2.41. The third-order valence-electron chi connectivity index (χ3n) is 3.66. The third-order valence-corrected chi connectivity index (χ3v) is 4.77. The van der Waals surface area contributed by atoms with Crippen LogP contribution in [0, 0.1) is 15.9 Å². The summed E-state index contributed by atoms with van der Waals surface area (Å²) in [5.41, 5.74) is -1.59. The van der Waals surface area contributed by atoms with E-state index in [1.807, 2.05) is 22.6 Å². The first-order valence-corrected chi connectivity index (χ1v) is 7.70. The summed E-state index contributed by atoms with van der Waals surface area (Å²) < 4.78 is 7.77. The second-order valence-corrected chi connectivity index (χ2v) is 6.39. The Morgan fingerprint density at radius 2 is 2.27 bits per heavy atom. The molecule has 0 unspecified atom stereocenters. The molecule has 2 aromatic rings. The lowest BCUT2D eigenvalue weighted by Gasteiger charge is -2.26. The molecule has 7 nitrogen and oxygen atoms in total. The van der Waals surface area contributed by atoms with Gasteiger partial charge in [-0.3, -0.25) is 0 Å². The fraction of sp³-hybridized carbons (Fsp3) is 0.385. The van der Waals surface area contributed by atoms with Crippen molar-refractivity contribution >= 4 is 45.2 Å². The number of nitrogens with zero attached hydrogens (tertiary/aromatic N) is 3. The zero-order chi connectivity index (χ0) is 16.1. The summed E-state index contributed by atoms with van der Waals surface area (Å²) in [5.74, 6) is 2.16. The summed E-state index contributed by atoms with van der Waals surface area (Å²) >= 11 is 8.12. The summed E-state index contributed by atoms with van der Waals surface area (Å²) in [4.78, 5) is 8.06. The molecule has 0 aromatic carbocycles. The van der Waals surface area contributed by atoms with Gasteiger partial charge in [-0.25, -0.2) is 9.97 Å². The molecule has 22 heavy (non-hydrogen) atoms. The van der Waals surface area contributed by atoms with Crippen molar-refractivity contribution in [2.45, 2.75) is 24.0 Å². The first-order valence-electron chi connectivity index (χ1n) is 6.25. The van der Waals surface area contributed by atoms with Gasteiger partial charge in [0.2, 0.25) is 0 Å². The van der Waals surface area contributed by atoms with Crippen LogP contribution in [0.15, 0.2) is 12.5 Å². The van der Waals surface area contributed by atoms with E-state index in [-0.39, 0.29) is 5.15 Å². The monoisotopic (exact) mass is 435 g/mol. The molecule has 0 aliphatic carbocycles. The zero-order valence-electron chi connectivity index (χ0n) is 11.0. The van der Waals surface area contributed by atoms with Crippen molar-refractivity contribution in [1.29, 1.82) is 0 Å². The summed E-state index contributed by atoms with van der Waals surface area (Å²) in [6.45, 7) is -0.478. The minimum atomic E-state index is -2.00. The molecule has 116 valence electrons. The molecule has 4 atom stereocenters. The third kappa shape index (κ3) is 2.12. The largest absolute Gasteiger partial charge is 0.394 e. The maximum atomic E-state index is 10.6. The quantitative estimate of drug-likeness (QED) is 0.357. The molecule has 3 rings (SSSR count). The molecule has 3 N–H and O–H groups in total. The van der Waals surface area contributed by atoms with Gasteiger partial charge in [0.1, 0.15) is 29.3 Å². The van der Waals surface area contributed by atoms with Crippen LogP contribution in [0.4, 0.5) is 0 Å². The predicted molar refractivity (Wildman–Crippen MR) is 86.0 cm³/mol. The normalized spacial score (nSPS) is 31.5. The number of hydrogen-bond acceptors (Lipinski definition) is 6. The van der Waals surface area contributed by atoms with Gasteiger partial charge in [0.05, 0.1) is 12.0 Å². The van der Waals surface area contributed by atoms with E-state index in [0.29, 0.717) is 11.0 Å². The van der Waals surface area contributed by atoms with Crippen LogP contribution in [0.1, 0.15) is 6.23 Å². The van der Waals surface area contributed by atoms with Crippen molar-refractivity contribution in [3.8, 4) is 12.3 Å². The van der Waals surface area contributed by atoms with Crippen molar-refractivity contribution in [2.75, 3.05) is 6.61 Å². The number of terminal acetylenes is 1. The molecule has 1 aliphatic heterocycles. The highest BCUT2D eigenvalue weighted by atomic mass is 127. The molecular weight excluding hydrogens is 425 g/mol. The van der Waals surface area contributed by atoms with E-state index < -0.39 is 30.6 Å². The molecule has 0 saturated carbocycles. The lowest BCUT2D eigenvalue weighted by molar-refractivity contribution is -0.0718. The molecule has 0 bridgehead atoms. The first kappa shape index (κ1) is 15.9. The number of rotatable bonds is 2. The van der Waals surface area contributed by atoms with Gasteiger partial charge in [-0.1, -0.05) is 17.5 Å². The van der Waals surface area contributed by atoms with Gasteiger partial charge in [-0.05, 0) is 22.6 Å². The Morgan fingerprint density at radius 3 is 2.91 bits per heavy atom. The lowest BCUT2D eigenvalue weighted by atomic mass is 9.95. The fourth-order valence-corrected chi connectivity index (χ4v) is 3.72. The van der Waals surface area contributed by atoms with Gasteiger partial charge in [0, 0.05) is 9.77 Å². The van der Waals surface area contributed by atoms with E-state index in [0.717, 1.165) is 3.57 Å². The SMILES string of the molecule is C#C[C@@]1(O)[C@H](O)[C@@H](CO)O[C@H]1n1cc(I)c2c(Cl)ncnc21. The second kappa shape index (κ2) is 5.59. The molecule has 0 radical (unpaired) electrons. The van der Waals surface area contributed by atoms with E-state index in [2.05, 4.69) is 15.9 Å². The minimum Gasteiger partial charge on any atom is -0.394 e. The number of hydrogen-bond donors (Lipinski definition) is 3. The van der Waals surface area contributed by atoms with Crippen LogP contribution in [0.25, 0.3) is 11.0 Å². The van der Waals surface area contributed by atoms with Gasteiger partial charge in [-0.2, -0.15) is 0 Å². The van der Waals surface area contributed by atoms with Crippen LogP contribution in [0.3, 0.4) is 0 Å². The maximum absolute atomic E-state index is 10.6. The Balaban J connectivity index is 2.20. The minimum absolute atomic E-state index is 0.259. The molecule has 2 aromatic heterocycles. The van der Waals surface area contributed by atoms with Crippen molar-refractivity contribution in [1.82, 2.24) is 14.5 Å². The van der Waals surface area contributed by atoms with Gasteiger partial charge >= 0.3 is 0 Å². The van der Waals surface area contributed by atoms with E-state index in [1.165, 1.54) is 10.9 Å².